The molecule has 0 fully saturated rings. The summed E-state index contributed by atoms with van der Waals surface area (Å²) in [5.74, 6) is 0.635. The molecule has 0 aromatic rings. The Morgan fingerprint density at radius 3 is 3.00 bits per heavy atom. The summed E-state index contributed by atoms with van der Waals surface area (Å²) in [5.41, 5.74) is 3.34. The molecule has 0 radical (unpaired) electrons. The Bertz CT molecular complexity index is 361. The molecule has 0 aromatic heterocycles. The predicted octanol–water partition coefficient (Wildman–Crippen LogP) is 3.36. The van der Waals surface area contributed by atoms with Crippen LogP contribution in [0.15, 0.2) is 34.9 Å². The highest BCUT2D eigenvalue weighted by Crippen LogP contribution is 2.33. The monoisotopic (exact) mass is 208 g/mol. The molecule has 2 aliphatic carbocycles. The minimum absolute atomic E-state index is 0.302. The van der Waals surface area contributed by atoms with E-state index >= 15 is 0 Å². The fourth-order valence-corrected chi connectivity index (χ4v) is 2.16. The Balaban J connectivity index is 2.29. The van der Waals surface area contributed by atoms with Crippen molar-refractivity contribution in [2.24, 2.45) is 5.92 Å². The number of allylic oxidation sites excluding steroid dienone is 6. The summed E-state index contributed by atoms with van der Waals surface area (Å²) < 4.78 is 0. The number of hydrogen-bond donors (Lipinski definition) is 0. The SMILES string of the molecule is CC1C=C2CCC(C(=O)Cl)=CC2=CC1. The smallest absolute Gasteiger partial charge is 0.248 e. The lowest BCUT2D eigenvalue weighted by Crippen LogP contribution is -2.08. The maximum atomic E-state index is 11.0. The second-order valence-electron chi connectivity index (χ2n) is 4.01. The molecular formula is C12H13ClO. The van der Waals surface area contributed by atoms with E-state index in [1.165, 1.54) is 11.1 Å². The molecule has 0 spiro atoms. The maximum absolute atomic E-state index is 11.0. The molecule has 74 valence electrons. The highest BCUT2D eigenvalue weighted by Gasteiger charge is 2.19. The molecule has 0 N–H and O–H groups in total. The van der Waals surface area contributed by atoms with Gasteiger partial charge in [0.2, 0.25) is 5.24 Å². The van der Waals surface area contributed by atoms with Crippen molar-refractivity contribution >= 4 is 16.8 Å². The third-order valence-corrected chi connectivity index (χ3v) is 3.05. The third kappa shape index (κ3) is 1.83. The number of carbonyl (C=O) groups is 1. The van der Waals surface area contributed by atoms with Crippen LogP contribution in [0.2, 0.25) is 0 Å². The van der Waals surface area contributed by atoms with Crippen LogP contribution in [0.4, 0.5) is 0 Å². The number of hydrogen-bond acceptors (Lipinski definition) is 1. The van der Waals surface area contributed by atoms with Gasteiger partial charge in [0.15, 0.2) is 0 Å². The predicted molar refractivity (Wildman–Crippen MR) is 58.1 cm³/mol. The number of carbonyl (C=O) groups excluding carboxylic acids is 1. The third-order valence-electron chi connectivity index (χ3n) is 2.81. The van der Waals surface area contributed by atoms with Crippen LogP contribution in [0, 0.1) is 5.92 Å². The lowest BCUT2D eigenvalue weighted by Gasteiger charge is -2.22. The van der Waals surface area contributed by atoms with E-state index in [2.05, 4.69) is 19.1 Å². The fraction of sp³-hybridized carbons (Fsp3) is 0.417. The fourth-order valence-electron chi connectivity index (χ4n) is 2.02. The Morgan fingerprint density at radius 1 is 1.50 bits per heavy atom. The molecule has 1 nitrogen and oxygen atoms in total. The van der Waals surface area contributed by atoms with E-state index in [4.69, 9.17) is 11.6 Å². The highest BCUT2D eigenvalue weighted by molar-refractivity contribution is 6.67. The largest absolute Gasteiger partial charge is 0.276 e. The molecule has 0 amide bonds. The molecular weight excluding hydrogens is 196 g/mol. The molecule has 0 saturated heterocycles. The summed E-state index contributed by atoms with van der Waals surface area (Å²) in [6.07, 6.45) is 9.27. The summed E-state index contributed by atoms with van der Waals surface area (Å²) in [5, 5.41) is -0.302. The molecule has 1 unspecified atom stereocenters. The van der Waals surface area contributed by atoms with Crippen molar-refractivity contribution in [2.75, 3.05) is 0 Å². The molecule has 2 rings (SSSR count). The standard InChI is InChI=1S/C12H13ClO/c1-8-2-3-10-7-11(12(13)14)5-4-9(10)6-8/h3,6-8H,2,4-5H2,1H3. The van der Waals surface area contributed by atoms with Crippen LogP contribution in [-0.4, -0.2) is 5.24 Å². The first kappa shape index (κ1) is 9.72. The quantitative estimate of drug-likeness (QED) is 0.604. The average Bonchev–Trinajstić information content (AvgIpc) is 2.16. The van der Waals surface area contributed by atoms with Crippen molar-refractivity contribution in [1.82, 2.24) is 0 Å². The van der Waals surface area contributed by atoms with Crippen LogP contribution in [0.3, 0.4) is 0 Å². The van der Waals surface area contributed by atoms with Gasteiger partial charge in [-0.05, 0) is 54.0 Å². The highest BCUT2D eigenvalue weighted by atomic mass is 35.5. The van der Waals surface area contributed by atoms with Gasteiger partial charge in [-0.25, -0.2) is 0 Å². The second kappa shape index (κ2) is 3.74. The van der Waals surface area contributed by atoms with Crippen LogP contribution in [0.25, 0.3) is 0 Å². The van der Waals surface area contributed by atoms with E-state index in [1.807, 2.05) is 6.08 Å². The molecule has 0 heterocycles. The normalized spacial score (nSPS) is 25.9. The first-order valence-electron chi connectivity index (χ1n) is 4.98. The molecule has 0 saturated carbocycles. The first-order valence-corrected chi connectivity index (χ1v) is 5.36. The Labute approximate surface area is 89.1 Å². The van der Waals surface area contributed by atoms with Crippen molar-refractivity contribution in [3.63, 3.8) is 0 Å². The number of rotatable bonds is 1. The summed E-state index contributed by atoms with van der Waals surface area (Å²) in [7, 11) is 0. The number of fused-ring (bicyclic) bond motifs is 1. The summed E-state index contributed by atoms with van der Waals surface area (Å²) in [6.45, 7) is 2.21. The first-order chi connectivity index (χ1) is 6.66. The summed E-state index contributed by atoms with van der Waals surface area (Å²) in [4.78, 5) is 11.0. The van der Waals surface area contributed by atoms with Gasteiger partial charge >= 0.3 is 0 Å². The lowest BCUT2D eigenvalue weighted by molar-refractivity contribution is -0.108. The van der Waals surface area contributed by atoms with Crippen LogP contribution in [0.5, 0.6) is 0 Å². The zero-order valence-corrected chi connectivity index (χ0v) is 8.97. The molecule has 2 heteroatoms. The summed E-state index contributed by atoms with van der Waals surface area (Å²) in [6, 6.07) is 0. The maximum Gasteiger partial charge on any atom is 0.248 e. The van der Waals surface area contributed by atoms with Gasteiger partial charge < -0.3 is 0 Å². The molecule has 0 aromatic carbocycles. The van der Waals surface area contributed by atoms with Crippen LogP contribution < -0.4 is 0 Å². The Hall–Kier alpha value is -0.820. The topological polar surface area (TPSA) is 17.1 Å². The van der Waals surface area contributed by atoms with Crippen molar-refractivity contribution in [3.8, 4) is 0 Å². The average molecular weight is 209 g/mol. The van der Waals surface area contributed by atoms with E-state index < -0.39 is 0 Å². The van der Waals surface area contributed by atoms with E-state index in [0.29, 0.717) is 5.92 Å². The number of halogens is 1. The van der Waals surface area contributed by atoms with Gasteiger partial charge in [-0.2, -0.15) is 0 Å². The van der Waals surface area contributed by atoms with Crippen LogP contribution in [-0.2, 0) is 4.79 Å². The minimum Gasteiger partial charge on any atom is -0.276 e. The van der Waals surface area contributed by atoms with Gasteiger partial charge in [-0.15, -0.1) is 0 Å². The van der Waals surface area contributed by atoms with Gasteiger partial charge in [-0.1, -0.05) is 19.1 Å². The van der Waals surface area contributed by atoms with Crippen molar-refractivity contribution in [2.45, 2.75) is 26.2 Å². The van der Waals surface area contributed by atoms with Crippen LogP contribution in [0.1, 0.15) is 26.2 Å². The summed E-state index contributed by atoms with van der Waals surface area (Å²) >= 11 is 5.46. The molecule has 14 heavy (non-hydrogen) atoms. The molecule has 0 aliphatic heterocycles. The van der Waals surface area contributed by atoms with Gasteiger partial charge in [0.1, 0.15) is 0 Å². The molecule has 2 aliphatic rings. The van der Waals surface area contributed by atoms with Gasteiger partial charge in [0.05, 0.1) is 0 Å². The van der Waals surface area contributed by atoms with E-state index in [0.717, 1.165) is 24.8 Å². The van der Waals surface area contributed by atoms with Crippen molar-refractivity contribution in [3.05, 3.63) is 34.9 Å². The zero-order valence-electron chi connectivity index (χ0n) is 8.22. The van der Waals surface area contributed by atoms with Gasteiger partial charge in [0, 0.05) is 5.57 Å². The van der Waals surface area contributed by atoms with E-state index in [9.17, 15) is 4.79 Å². The minimum atomic E-state index is -0.302. The Kier molecular flexibility index (Phi) is 2.60. The molecule has 0 bridgehead atoms. The van der Waals surface area contributed by atoms with Crippen molar-refractivity contribution in [1.29, 1.82) is 0 Å². The second-order valence-corrected chi connectivity index (χ2v) is 4.35. The van der Waals surface area contributed by atoms with Gasteiger partial charge in [-0.3, -0.25) is 4.79 Å². The van der Waals surface area contributed by atoms with Crippen LogP contribution >= 0.6 is 11.6 Å². The van der Waals surface area contributed by atoms with Gasteiger partial charge in [0.25, 0.3) is 0 Å². The Morgan fingerprint density at radius 2 is 2.29 bits per heavy atom. The lowest BCUT2D eigenvalue weighted by atomic mass is 9.84. The van der Waals surface area contributed by atoms with Crippen molar-refractivity contribution < 1.29 is 4.79 Å². The van der Waals surface area contributed by atoms with E-state index in [-0.39, 0.29) is 5.24 Å². The molecule has 1 atom stereocenters. The zero-order chi connectivity index (χ0) is 10.1. The van der Waals surface area contributed by atoms with E-state index in [1.54, 1.807) is 0 Å².